The molecule has 2 unspecified atom stereocenters. The van der Waals surface area contributed by atoms with Crippen molar-refractivity contribution >= 4 is 52.5 Å². The minimum atomic E-state index is -4.87. The van der Waals surface area contributed by atoms with E-state index in [4.69, 9.17) is 43.5 Å². The lowest BCUT2D eigenvalue weighted by Gasteiger charge is -2.44. The summed E-state index contributed by atoms with van der Waals surface area (Å²) in [4.78, 5) is 45.3. The first-order valence-electron chi connectivity index (χ1n) is 16.5. The van der Waals surface area contributed by atoms with Crippen LogP contribution in [0.15, 0.2) is 53.9 Å². The molecule has 1 aliphatic carbocycles. The van der Waals surface area contributed by atoms with Gasteiger partial charge >= 0.3 is 12.3 Å². The number of alkyl halides is 3. The number of primary amides is 1. The first-order chi connectivity index (χ1) is 24.3. The van der Waals surface area contributed by atoms with Crippen molar-refractivity contribution in [2.24, 2.45) is 16.3 Å². The van der Waals surface area contributed by atoms with Gasteiger partial charge in [0.05, 0.1) is 30.9 Å². The number of nitrogens with two attached hydrogens (primary N) is 1. The van der Waals surface area contributed by atoms with E-state index in [1.54, 1.807) is 50.2 Å². The Morgan fingerprint density at radius 1 is 1.00 bits per heavy atom. The van der Waals surface area contributed by atoms with Crippen LogP contribution in [0.3, 0.4) is 0 Å². The van der Waals surface area contributed by atoms with E-state index in [2.05, 4.69) is 4.98 Å². The number of hydrazone groups is 1. The van der Waals surface area contributed by atoms with Crippen molar-refractivity contribution in [2.45, 2.75) is 64.4 Å². The Hall–Kier alpha value is -4.56. The average Bonchev–Trinajstić information content (AvgIpc) is 3.39. The van der Waals surface area contributed by atoms with E-state index < -0.39 is 60.3 Å². The summed E-state index contributed by atoms with van der Waals surface area (Å²) in [7, 11) is 1.51. The lowest BCUT2D eigenvalue weighted by Crippen LogP contribution is -2.63. The number of anilines is 1. The zero-order valence-electron chi connectivity index (χ0n) is 29.1. The fourth-order valence-corrected chi connectivity index (χ4v) is 7.64. The first kappa shape index (κ1) is 37.2. The number of pyridine rings is 1. The summed E-state index contributed by atoms with van der Waals surface area (Å²) in [5.41, 5.74) is 6.72. The second-order valence-electron chi connectivity index (χ2n) is 14.3. The van der Waals surface area contributed by atoms with E-state index in [0.29, 0.717) is 35.4 Å². The van der Waals surface area contributed by atoms with E-state index in [0.717, 1.165) is 20.9 Å². The van der Waals surface area contributed by atoms with Crippen LogP contribution >= 0.6 is 23.2 Å². The zero-order chi connectivity index (χ0) is 37.9. The maximum absolute atomic E-state index is 14.7. The Balaban J connectivity index is 1.46. The fraction of sp³-hybridized carbons (Fsp3) is 0.417. The molecule has 2 aromatic carbocycles. The molecule has 2 N–H and O–H groups in total. The average molecular weight is 762 g/mol. The van der Waals surface area contributed by atoms with E-state index in [9.17, 15) is 27.6 Å². The standard InChI is InChI=1S/C36H37Cl2F3N6O5/c1-34(2,3)52-33(50)45-8-9-46(28(18-45)36(39,40)41)32(49)29-35(4)7-6-19-11-27(51-5)25(20-10-21(31(42)48)17-43-16-20)15-26(19)30(35)47(44-29)24-13-22(37)12-23(38)14-24/h10-17,28,30H,6-9,18H2,1-5H3,(H2,42,48)/t28-,30?,35?/m0/s1. The number of carbonyl (C=O) groups excluding carboxylic acids is 3. The molecular weight excluding hydrogens is 724 g/mol. The number of piperazine rings is 1. The van der Waals surface area contributed by atoms with Gasteiger partial charge in [0.25, 0.3) is 5.91 Å². The van der Waals surface area contributed by atoms with Gasteiger partial charge in [-0.05, 0) is 81.1 Å². The Morgan fingerprint density at radius 3 is 2.31 bits per heavy atom. The van der Waals surface area contributed by atoms with E-state index in [1.165, 1.54) is 19.4 Å². The Bertz CT molecular complexity index is 1970. The predicted molar refractivity (Wildman–Crippen MR) is 190 cm³/mol. The molecule has 3 atom stereocenters. The number of benzene rings is 2. The lowest BCUT2D eigenvalue weighted by atomic mass is 9.66. The van der Waals surface area contributed by atoms with Crippen molar-refractivity contribution in [3.05, 3.63) is 75.5 Å². The van der Waals surface area contributed by atoms with Crippen LogP contribution in [0.25, 0.3) is 11.1 Å². The van der Waals surface area contributed by atoms with Gasteiger partial charge in [-0.2, -0.15) is 18.3 Å². The normalized spacial score (nSPS) is 21.7. The fourth-order valence-electron chi connectivity index (χ4n) is 7.13. The number of methoxy groups -OCH3 is 1. The van der Waals surface area contributed by atoms with Gasteiger partial charge in [-0.25, -0.2) is 4.79 Å². The van der Waals surface area contributed by atoms with Crippen LogP contribution < -0.4 is 15.5 Å². The third-order valence-electron chi connectivity index (χ3n) is 9.59. The molecule has 11 nitrogen and oxygen atoms in total. The van der Waals surface area contributed by atoms with Gasteiger partial charge in [0.1, 0.15) is 23.1 Å². The monoisotopic (exact) mass is 760 g/mol. The summed E-state index contributed by atoms with van der Waals surface area (Å²) >= 11 is 12.9. The summed E-state index contributed by atoms with van der Waals surface area (Å²) in [6.45, 7) is 5.31. The number of fused-ring (bicyclic) bond motifs is 3. The SMILES string of the molecule is COc1cc2c(cc1-c1cncc(C(N)=O)c1)C1N(c3cc(Cl)cc(Cl)c3)N=C(C(=O)N3CCN(C(=O)OC(C)(C)C)C[C@H]3C(F)(F)F)C1(C)CC2. The quantitative estimate of drug-likeness (QED) is 0.295. The van der Waals surface area contributed by atoms with Gasteiger partial charge in [0.2, 0.25) is 5.91 Å². The van der Waals surface area contributed by atoms with Crippen LogP contribution in [-0.2, 0) is 16.0 Å². The zero-order valence-corrected chi connectivity index (χ0v) is 30.6. The summed E-state index contributed by atoms with van der Waals surface area (Å²) in [6.07, 6.45) is -2.08. The van der Waals surface area contributed by atoms with Gasteiger partial charge in [-0.3, -0.25) is 19.6 Å². The van der Waals surface area contributed by atoms with Crippen LogP contribution in [0, 0.1) is 5.41 Å². The smallest absolute Gasteiger partial charge is 0.410 e. The molecule has 3 aromatic rings. The molecule has 6 rings (SSSR count). The highest BCUT2D eigenvalue weighted by molar-refractivity contribution is 6.42. The molecular formula is C36H37Cl2F3N6O5. The molecule has 3 aliphatic rings. The van der Waals surface area contributed by atoms with Gasteiger partial charge in [-0.15, -0.1) is 0 Å². The molecule has 0 radical (unpaired) electrons. The highest BCUT2D eigenvalue weighted by Gasteiger charge is 2.57. The number of aromatic nitrogens is 1. The summed E-state index contributed by atoms with van der Waals surface area (Å²) in [5.74, 6) is -1.07. The van der Waals surface area contributed by atoms with Crippen LogP contribution in [0.5, 0.6) is 5.75 Å². The molecule has 3 heterocycles. The van der Waals surface area contributed by atoms with Gasteiger partial charge in [0, 0.05) is 52.1 Å². The Morgan fingerprint density at radius 2 is 1.69 bits per heavy atom. The molecule has 276 valence electrons. The van der Waals surface area contributed by atoms with Crippen molar-refractivity contribution in [1.29, 1.82) is 0 Å². The Kier molecular flexibility index (Phi) is 9.62. The Labute approximate surface area is 308 Å². The number of halogens is 5. The first-order valence-corrected chi connectivity index (χ1v) is 17.2. The summed E-state index contributed by atoms with van der Waals surface area (Å²) in [6, 6.07) is 7.05. The number of rotatable bonds is 5. The van der Waals surface area contributed by atoms with Crippen LogP contribution in [0.1, 0.15) is 61.6 Å². The number of ether oxygens (including phenoxy) is 2. The molecule has 0 saturated carbocycles. The summed E-state index contributed by atoms with van der Waals surface area (Å²) < 4.78 is 55.3. The van der Waals surface area contributed by atoms with Crippen LogP contribution in [0.4, 0.5) is 23.7 Å². The number of amides is 3. The van der Waals surface area contributed by atoms with E-state index in [-0.39, 0.29) is 27.9 Å². The molecule has 1 saturated heterocycles. The number of hydrogen-bond donors (Lipinski definition) is 1. The van der Waals surface area contributed by atoms with Crippen molar-refractivity contribution in [3.63, 3.8) is 0 Å². The van der Waals surface area contributed by atoms with Crippen molar-refractivity contribution < 1.29 is 37.0 Å². The highest BCUT2D eigenvalue weighted by Crippen LogP contribution is 2.56. The molecule has 0 spiro atoms. The van der Waals surface area contributed by atoms with Crippen molar-refractivity contribution in [1.82, 2.24) is 14.8 Å². The largest absolute Gasteiger partial charge is 0.496 e. The van der Waals surface area contributed by atoms with Gasteiger partial charge in [0.15, 0.2) is 0 Å². The number of carbonyl (C=O) groups is 3. The topological polar surface area (TPSA) is 131 Å². The van der Waals surface area contributed by atoms with Crippen LogP contribution in [-0.4, -0.2) is 83.0 Å². The predicted octanol–water partition coefficient (Wildman–Crippen LogP) is 7.04. The minimum Gasteiger partial charge on any atom is -0.496 e. The van der Waals surface area contributed by atoms with Crippen molar-refractivity contribution in [2.75, 3.05) is 31.8 Å². The molecule has 0 bridgehead atoms. The number of hydrogen-bond acceptors (Lipinski definition) is 8. The van der Waals surface area contributed by atoms with Crippen LogP contribution in [0.2, 0.25) is 10.0 Å². The molecule has 1 fully saturated rings. The number of aryl methyl sites for hydroxylation is 1. The highest BCUT2D eigenvalue weighted by atomic mass is 35.5. The van der Waals surface area contributed by atoms with Gasteiger partial charge < -0.3 is 25.0 Å². The molecule has 1 aromatic heterocycles. The van der Waals surface area contributed by atoms with Crippen molar-refractivity contribution in [3.8, 4) is 16.9 Å². The van der Waals surface area contributed by atoms with E-state index >= 15 is 0 Å². The summed E-state index contributed by atoms with van der Waals surface area (Å²) in [5, 5.41) is 6.95. The third-order valence-corrected chi connectivity index (χ3v) is 10.0. The second-order valence-corrected chi connectivity index (χ2v) is 15.2. The molecule has 3 amide bonds. The molecule has 2 aliphatic heterocycles. The second kappa shape index (κ2) is 13.4. The molecule has 16 heteroatoms. The minimum absolute atomic E-state index is 0.0750. The lowest BCUT2D eigenvalue weighted by molar-refractivity contribution is -0.197. The maximum Gasteiger partial charge on any atom is 0.410 e. The molecule has 52 heavy (non-hydrogen) atoms. The van der Waals surface area contributed by atoms with Gasteiger partial charge in [-0.1, -0.05) is 30.1 Å². The third kappa shape index (κ3) is 6.97. The maximum atomic E-state index is 14.7. The van der Waals surface area contributed by atoms with E-state index in [1.807, 2.05) is 19.1 Å². The number of nitrogens with zero attached hydrogens (tertiary/aromatic N) is 5.